The number of halogens is 1. The van der Waals surface area contributed by atoms with Gasteiger partial charge in [0.15, 0.2) is 15.7 Å². The number of rotatable bonds is 7. The van der Waals surface area contributed by atoms with Crippen LogP contribution in [0.2, 0.25) is 5.02 Å². The Morgan fingerprint density at radius 3 is 2.58 bits per heavy atom. The molecule has 5 rings (SSSR count). The SMILES string of the molecule is O=S1(=O)CC/C(=N/Nc2cc(N3CCOCC3)nc(OCCN3CCOCC3)n2)c2cc(Cl)ccc21. The van der Waals surface area contributed by atoms with Crippen LogP contribution in [0.25, 0.3) is 0 Å². The van der Waals surface area contributed by atoms with Gasteiger partial charge in [-0.1, -0.05) is 11.6 Å². The van der Waals surface area contributed by atoms with Crippen LogP contribution in [0.1, 0.15) is 12.0 Å². The fraction of sp³-hybridized carbons (Fsp3) is 0.522. The maximum Gasteiger partial charge on any atom is 0.320 e. The van der Waals surface area contributed by atoms with Crippen LogP contribution in [0, 0.1) is 0 Å². The Morgan fingerprint density at radius 1 is 1.06 bits per heavy atom. The van der Waals surface area contributed by atoms with Gasteiger partial charge in [-0.15, -0.1) is 0 Å². The minimum absolute atomic E-state index is 0.0130. The Hall–Kier alpha value is -2.51. The van der Waals surface area contributed by atoms with E-state index in [0.717, 1.165) is 32.8 Å². The second kappa shape index (κ2) is 11.3. The van der Waals surface area contributed by atoms with Gasteiger partial charge in [0.2, 0.25) is 0 Å². The molecule has 0 amide bonds. The molecular weight excluding hydrogens is 508 g/mol. The fourth-order valence-electron chi connectivity index (χ4n) is 4.30. The summed E-state index contributed by atoms with van der Waals surface area (Å²) in [7, 11) is -3.37. The standard InChI is InChI=1S/C23H29ClN6O5S/c24-17-1-2-20-18(15-17)19(3-14-36(20,31)32)27-28-21-16-22(30-7-11-34-12-8-30)26-23(25-21)35-13-6-29-4-9-33-10-5-29/h1-2,15-16H,3-14H2,(H,25,26,28)/b27-19-. The summed E-state index contributed by atoms with van der Waals surface area (Å²) < 4.78 is 41.8. The molecule has 13 heteroatoms. The van der Waals surface area contributed by atoms with Crippen molar-refractivity contribution in [3.63, 3.8) is 0 Å². The molecule has 0 saturated carbocycles. The Bertz CT molecular complexity index is 1220. The molecule has 36 heavy (non-hydrogen) atoms. The summed E-state index contributed by atoms with van der Waals surface area (Å²) in [5.41, 5.74) is 4.10. The van der Waals surface area contributed by atoms with E-state index in [0.29, 0.717) is 60.8 Å². The van der Waals surface area contributed by atoms with Crippen molar-refractivity contribution in [3.8, 4) is 6.01 Å². The minimum Gasteiger partial charge on any atom is -0.462 e. The fourth-order valence-corrected chi connectivity index (χ4v) is 5.94. The van der Waals surface area contributed by atoms with Crippen molar-refractivity contribution in [2.24, 2.45) is 5.10 Å². The number of hydrogen-bond acceptors (Lipinski definition) is 11. The van der Waals surface area contributed by atoms with E-state index in [4.69, 9.17) is 25.8 Å². The van der Waals surface area contributed by atoms with Crippen LogP contribution in [0.5, 0.6) is 6.01 Å². The predicted molar refractivity (Wildman–Crippen MR) is 136 cm³/mol. The highest BCUT2D eigenvalue weighted by Crippen LogP contribution is 2.28. The van der Waals surface area contributed by atoms with Gasteiger partial charge < -0.3 is 19.1 Å². The van der Waals surface area contributed by atoms with E-state index in [1.165, 1.54) is 6.07 Å². The number of aromatic nitrogens is 2. The first kappa shape index (κ1) is 25.2. The Morgan fingerprint density at radius 2 is 1.81 bits per heavy atom. The van der Waals surface area contributed by atoms with E-state index in [2.05, 4.69) is 30.3 Å². The molecule has 194 valence electrons. The molecule has 3 aliphatic heterocycles. The number of morpholine rings is 2. The number of sulfone groups is 1. The van der Waals surface area contributed by atoms with Gasteiger partial charge >= 0.3 is 6.01 Å². The second-order valence-corrected chi connectivity index (χ2v) is 11.2. The van der Waals surface area contributed by atoms with Gasteiger partial charge in [-0.2, -0.15) is 15.1 Å². The van der Waals surface area contributed by atoms with Crippen LogP contribution in [-0.2, 0) is 19.3 Å². The average Bonchev–Trinajstić information content (AvgIpc) is 2.89. The smallest absolute Gasteiger partial charge is 0.320 e. The Balaban J connectivity index is 1.36. The molecule has 1 N–H and O–H groups in total. The van der Waals surface area contributed by atoms with Crippen molar-refractivity contribution in [2.75, 3.05) is 81.8 Å². The first-order valence-corrected chi connectivity index (χ1v) is 14.0. The van der Waals surface area contributed by atoms with Crippen LogP contribution in [-0.4, -0.2) is 101 Å². The molecule has 4 heterocycles. The van der Waals surface area contributed by atoms with Crippen molar-refractivity contribution in [1.82, 2.24) is 14.9 Å². The van der Waals surface area contributed by atoms with Gasteiger partial charge in [-0.25, -0.2) is 8.42 Å². The molecule has 1 aromatic carbocycles. The predicted octanol–water partition coefficient (Wildman–Crippen LogP) is 1.67. The molecule has 0 unspecified atom stereocenters. The normalized spacial score (nSPS) is 21.2. The lowest BCUT2D eigenvalue weighted by molar-refractivity contribution is 0.0317. The van der Waals surface area contributed by atoms with E-state index in [9.17, 15) is 8.42 Å². The topological polar surface area (TPSA) is 118 Å². The molecule has 0 spiro atoms. The maximum atomic E-state index is 12.5. The van der Waals surface area contributed by atoms with Gasteiger partial charge in [0.25, 0.3) is 0 Å². The van der Waals surface area contributed by atoms with Crippen molar-refractivity contribution in [3.05, 3.63) is 34.9 Å². The molecule has 1 aromatic heterocycles. The third-order valence-corrected chi connectivity index (χ3v) is 8.27. The highest BCUT2D eigenvalue weighted by Gasteiger charge is 2.28. The summed E-state index contributed by atoms with van der Waals surface area (Å²) in [6, 6.07) is 6.80. The maximum absolute atomic E-state index is 12.5. The number of anilines is 2. The molecule has 2 fully saturated rings. The first-order valence-electron chi connectivity index (χ1n) is 12.0. The monoisotopic (exact) mass is 536 g/mol. The summed E-state index contributed by atoms with van der Waals surface area (Å²) in [5.74, 6) is 1.16. The van der Waals surface area contributed by atoms with Crippen LogP contribution in [0.4, 0.5) is 11.6 Å². The van der Waals surface area contributed by atoms with E-state index in [1.807, 2.05) is 6.07 Å². The van der Waals surface area contributed by atoms with Crippen molar-refractivity contribution in [2.45, 2.75) is 11.3 Å². The summed E-state index contributed by atoms with van der Waals surface area (Å²) in [5, 5.41) is 4.97. The highest BCUT2D eigenvalue weighted by molar-refractivity contribution is 7.91. The number of fused-ring (bicyclic) bond motifs is 1. The van der Waals surface area contributed by atoms with E-state index >= 15 is 0 Å². The Labute approximate surface area is 215 Å². The molecule has 2 saturated heterocycles. The first-order chi connectivity index (χ1) is 17.5. The van der Waals surface area contributed by atoms with Crippen LogP contribution in [0.3, 0.4) is 0 Å². The summed E-state index contributed by atoms with van der Waals surface area (Å²) >= 11 is 6.15. The van der Waals surface area contributed by atoms with Gasteiger partial charge in [0.1, 0.15) is 12.4 Å². The number of nitrogens with one attached hydrogen (secondary N) is 1. The zero-order chi connectivity index (χ0) is 25.0. The van der Waals surface area contributed by atoms with Gasteiger partial charge in [0.05, 0.1) is 42.8 Å². The quantitative estimate of drug-likeness (QED) is 0.523. The summed E-state index contributed by atoms with van der Waals surface area (Å²) in [6.07, 6.45) is 0.271. The third kappa shape index (κ3) is 6.06. The molecular formula is C23H29ClN6O5S. The summed E-state index contributed by atoms with van der Waals surface area (Å²) in [4.78, 5) is 13.7. The third-order valence-electron chi connectivity index (χ3n) is 6.27. The van der Waals surface area contributed by atoms with Gasteiger partial charge in [-0.3, -0.25) is 10.3 Å². The molecule has 0 atom stereocenters. The number of benzene rings is 1. The van der Waals surface area contributed by atoms with Crippen molar-refractivity contribution in [1.29, 1.82) is 0 Å². The second-order valence-electron chi connectivity index (χ2n) is 8.68. The minimum atomic E-state index is -3.37. The van der Waals surface area contributed by atoms with E-state index in [-0.39, 0.29) is 23.1 Å². The van der Waals surface area contributed by atoms with Crippen molar-refractivity contribution >= 4 is 38.8 Å². The Kier molecular flexibility index (Phi) is 7.87. The van der Waals surface area contributed by atoms with E-state index < -0.39 is 9.84 Å². The molecule has 2 aromatic rings. The zero-order valence-corrected chi connectivity index (χ0v) is 21.4. The van der Waals surface area contributed by atoms with Crippen LogP contribution in [0.15, 0.2) is 34.3 Å². The highest BCUT2D eigenvalue weighted by atomic mass is 35.5. The molecule has 0 bridgehead atoms. The summed E-state index contributed by atoms with van der Waals surface area (Å²) in [6.45, 7) is 7.08. The lowest BCUT2D eigenvalue weighted by Gasteiger charge is -2.28. The van der Waals surface area contributed by atoms with Crippen LogP contribution < -0.4 is 15.1 Å². The molecule has 11 nitrogen and oxygen atoms in total. The zero-order valence-electron chi connectivity index (χ0n) is 19.9. The lowest BCUT2D eigenvalue weighted by atomic mass is 10.1. The van der Waals surface area contributed by atoms with Crippen LogP contribution >= 0.6 is 11.6 Å². The van der Waals surface area contributed by atoms with E-state index in [1.54, 1.807) is 12.1 Å². The van der Waals surface area contributed by atoms with Gasteiger partial charge in [0, 0.05) is 55.8 Å². The molecule has 0 radical (unpaired) electrons. The number of hydrazone groups is 1. The number of hydrogen-bond donors (Lipinski definition) is 1. The molecule has 0 aliphatic carbocycles. The average molecular weight is 537 g/mol. The lowest BCUT2D eigenvalue weighted by Crippen LogP contribution is -2.39. The number of ether oxygens (including phenoxy) is 3. The molecule has 3 aliphatic rings. The van der Waals surface area contributed by atoms with Crippen molar-refractivity contribution < 1.29 is 22.6 Å². The largest absolute Gasteiger partial charge is 0.462 e. The van der Waals surface area contributed by atoms with Gasteiger partial charge in [-0.05, 0) is 18.2 Å². The number of nitrogens with zero attached hydrogens (tertiary/aromatic N) is 5.